The number of carboxylic acids is 3. The van der Waals surface area contributed by atoms with E-state index < -0.39 is 17.9 Å². The van der Waals surface area contributed by atoms with Crippen molar-refractivity contribution in [3.05, 3.63) is 18.2 Å². The molecule has 9 heteroatoms. The van der Waals surface area contributed by atoms with E-state index in [2.05, 4.69) is 0 Å². The minimum absolute atomic E-state index is 0.833. The molecule has 0 spiro atoms. The number of carbonyl (C=O) groups is 3. The number of ether oxygens (including phenoxy) is 2. The molecule has 0 aliphatic carbocycles. The fourth-order valence-electron chi connectivity index (χ4n) is 0.799. The van der Waals surface area contributed by atoms with Crippen LogP contribution in [0.4, 0.5) is 0 Å². The monoisotopic (exact) mass is 525 g/mol. The van der Waals surface area contributed by atoms with Crippen LogP contribution in [-0.4, -0.2) is 73.2 Å². The van der Waals surface area contributed by atoms with Crippen LogP contribution in [-0.2, 0) is 14.4 Å². The first-order valence-electron chi connectivity index (χ1n) is 6.00. The van der Waals surface area contributed by atoms with Crippen LogP contribution in [0.2, 0.25) is 0 Å². The summed E-state index contributed by atoms with van der Waals surface area (Å²) < 4.78 is 11.4. The van der Waals surface area contributed by atoms with Crippen LogP contribution < -0.4 is 12.6 Å². The minimum atomic E-state index is -0.833. The Hall–Kier alpha value is -1.85. The van der Waals surface area contributed by atoms with E-state index in [9.17, 15) is 0 Å². The van der Waals surface area contributed by atoms with Crippen molar-refractivity contribution < 1.29 is 39.2 Å². The van der Waals surface area contributed by atoms with Crippen molar-refractivity contribution in [1.82, 2.24) is 0 Å². The zero-order valence-corrected chi connectivity index (χ0v) is 17.5. The number of carboxylic acid groups (broad SMARTS) is 3. The first kappa shape index (κ1) is 26.1. The van der Waals surface area contributed by atoms with Crippen LogP contribution in [0.5, 0.6) is 11.5 Å². The molecule has 0 atom stereocenters. The van der Waals surface area contributed by atoms with Crippen molar-refractivity contribution in [2.75, 3.05) is 14.2 Å². The summed E-state index contributed by atoms with van der Waals surface area (Å²) in [5, 5.41) is 22.2. The molecule has 3 radical (unpaired) electrons. The molecule has 0 unspecified atom stereocenters. The molecule has 0 fully saturated rings. The summed E-state index contributed by atoms with van der Waals surface area (Å²) in [5.74, 6) is -0.725. The molecular formula is C14H21O8Pb. The van der Waals surface area contributed by atoms with Gasteiger partial charge in [-0.15, -0.1) is 0 Å². The Morgan fingerprint density at radius 2 is 1.22 bits per heavy atom. The van der Waals surface area contributed by atoms with Crippen molar-refractivity contribution >= 4 is 46.8 Å². The third-order valence-electron chi connectivity index (χ3n) is 1.41. The molecule has 0 aliphatic heterocycles. The predicted molar refractivity (Wildman–Crippen MR) is 84.9 cm³/mol. The number of hydrogen-bond donors (Lipinski definition) is 3. The third kappa shape index (κ3) is 28.9. The van der Waals surface area contributed by atoms with Gasteiger partial charge in [-0.1, -0.05) is 0 Å². The fourth-order valence-corrected chi connectivity index (χ4v) is 1.80. The fraction of sp³-hybridized carbons (Fsp3) is 0.357. The zero-order valence-electron chi connectivity index (χ0n) is 13.6. The van der Waals surface area contributed by atoms with Crippen LogP contribution in [0.15, 0.2) is 18.2 Å². The van der Waals surface area contributed by atoms with Crippen molar-refractivity contribution in [3.63, 3.8) is 0 Å². The molecule has 1 aromatic rings. The molecule has 1 aromatic carbocycles. The first-order chi connectivity index (χ1) is 10.5. The van der Waals surface area contributed by atoms with E-state index in [4.69, 9.17) is 39.2 Å². The average molecular weight is 525 g/mol. The van der Waals surface area contributed by atoms with E-state index in [-0.39, 0.29) is 0 Å². The van der Waals surface area contributed by atoms with Crippen LogP contribution in [0.25, 0.3) is 0 Å². The van der Waals surface area contributed by atoms with E-state index in [1.807, 2.05) is 18.2 Å². The molecule has 0 aromatic heterocycles. The summed E-state index contributed by atoms with van der Waals surface area (Å²) in [5.41, 5.74) is 0. The number of rotatable bonds is 2. The summed E-state index contributed by atoms with van der Waals surface area (Å²) in [6.07, 6.45) is 0. The second-order valence-electron chi connectivity index (χ2n) is 3.62. The number of benzene rings is 1. The molecule has 0 bridgehead atoms. The zero-order chi connectivity index (χ0) is 19.0. The first-order valence-corrected chi connectivity index (χ1v) is 7.94. The molecule has 3 N–H and O–H groups in total. The second kappa shape index (κ2) is 16.5. The summed E-state index contributed by atoms with van der Waals surface area (Å²) in [6, 6.07) is 5.89. The Balaban J connectivity index is -0.000000278. The average Bonchev–Trinajstić information content (AvgIpc) is 2.37. The van der Waals surface area contributed by atoms with Crippen molar-refractivity contribution in [3.8, 4) is 11.5 Å². The molecule has 8 nitrogen and oxygen atoms in total. The SMILES string of the molecule is CC(=O)O.CC(=O)O.CC(=O)O.COc1cc[c]([Pb])c(OC)c1. The van der Waals surface area contributed by atoms with E-state index in [1.165, 1.54) is 3.12 Å². The van der Waals surface area contributed by atoms with Crippen molar-refractivity contribution in [1.29, 1.82) is 0 Å². The van der Waals surface area contributed by atoms with Crippen molar-refractivity contribution in [2.45, 2.75) is 20.8 Å². The summed E-state index contributed by atoms with van der Waals surface area (Å²) >= 11 is 1.01. The summed E-state index contributed by atoms with van der Waals surface area (Å²) in [7, 11) is 3.33. The van der Waals surface area contributed by atoms with Gasteiger partial charge in [-0.25, -0.2) is 0 Å². The maximum absolute atomic E-state index is 9.00. The summed E-state index contributed by atoms with van der Waals surface area (Å²) in [4.78, 5) is 27.0. The molecule has 0 saturated heterocycles. The van der Waals surface area contributed by atoms with Gasteiger partial charge in [-0.05, 0) is 0 Å². The molecule has 1 rings (SSSR count). The molecule has 0 amide bonds. The van der Waals surface area contributed by atoms with Gasteiger partial charge in [-0.2, -0.15) is 0 Å². The molecule has 0 saturated carbocycles. The number of hydrogen-bond acceptors (Lipinski definition) is 5. The van der Waals surface area contributed by atoms with Crippen LogP contribution in [0.3, 0.4) is 0 Å². The van der Waals surface area contributed by atoms with Gasteiger partial charge in [0.15, 0.2) is 0 Å². The molecule has 0 heterocycles. The van der Waals surface area contributed by atoms with Gasteiger partial charge in [0.05, 0.1) is 0 Å². The van der Waals surface area contributed by atoms with E-state index in [0.717, 1.165) is 58.0 Å². The Bertz CT molecular complexity index is 447. The maximum atomic E-state index is 9.00. The second-order valence-corrected chi connectivity index (χ2v) is 5.72. The third-order valence-corrected chi connectivity index (χ3v) is 3.01. The molecular weight excluding hydrogens is 503 g/mol. The van der Waals surface area contributed by atoms with Crippen LogP contribution in [0, 0.1) is 0 Å². The number of methoxy groups -OCH3 is 2. The van der Waals surface area contributed by atoms with E-state index >= 15 is 0 Å². The quantitative estimate of drug-likeness (QED) is 0.484. The Morgan fingerprint density at radius 1 is 0.870 bits per heavy atom. The Labute approximate surface area is 150 Å². The normalized spacial score (nSPS) is 7.74. The van der Waals surface area contributed by atoms with Gasteiger partial charge in [0, 0.05) is 20.8 Å². The van der Waals surface area contributed by atoms with Gasteiger partial charge in [0.1, 0.15) is 0 Å². The topological polar surface area (TPSA) is 130 Å². The Kier molecular flexibility index (Phi) is 18.7. The molecule has 0 aliphatic rings. The predicted octanol–water partition coefficient (Wildman–Crippen LogP) is 0.770. The summed E-state index contributed by atoms with van der Waals surface area (Å²) in [6.45, 7) is 3.25. The van der Waals surface area contributed by atoms with E-state index in [0.29, 0.717) is 0 Å². The molecule has 129 valence electrons. The van der Waals surface area contributed by atoms with Gasteiger partial charge >= 0.3 is 82.3 Å². The van der Waals surface area contributed by atoms with Crippen LogP contribution in [0.1, 0.15) is 20.8 Å². The standard InChI is InChI=1S/C8H9O2.3C2H4O2.Pb/c1-9-7-4-3-5-8(6-7)10-2;3*1-2(3)4;/h3-4,6H,1-2H3;3*1H3,(H,3,4);. The number of aliphatic carboxylic acids is 3. The molecule has 23 heavy (non-hydrogen) atoms. The van der Waals surface area contributed by atoms with Crippen molar-refractivity contribution in [2.24, 2.45) is 0 Å². The van der Waals surface area contributed by atoms with Crippen LogP contribution >= 0.6 is 0 Å². The van der Waals surface area contributed by atoms with E-state index in [1.54, 1.807) is 14.2 Å². The Morgan fingerprint density at radius 3 is 1.48 bits per heavy atom. The van der Waals surface area contributed by atoms with Gasteiger partial charge in [-0.3, -0.25) is 14.4 Å². The van der Waals surface area contributed by atoms with Gasteiger partial charge < -0.3 is 15.3 Å². The van der Waals surface area contributed by atoms with Gasteiger partial charge in [0.25, 0.3) is 17.9 Å². The van der Waals surface area contributed by atoms with Gasteiger partial charge in [0.2, 0.25) is 0 Å².